The topological polar surface area (TPSA) is 43.8 Å². The van der Waals surface area contributed by atoms with Crippen LogP contribution in [0.1, 0.15) is 19.3 Å². The van der Waals surface area contributed by atoms with Crippen molar-refractivity contribution in [2.75, 3.05) is 11.5 Å². The molecule has 1 aliphatic heterocycles. The second-order valence-corrected chi connectivity index (χ2v) is 6.49. The highest BCUT2D eigenvalue weighted by molar-refractivity contribution is 7.99. The van der Waals surface area contributed by atoms with Gasteiger partial charge in [-0.3, -0.25) is 0 Å². The molecule has 0 amide bonds. The van der Waals surface area contributed by atoms with Crippen molar-refractivity contribution < 1.29 is 0 Å². The van der Waals surface area contributed by atoms with Crippen molar-refractivity contribution in [2.24, 2.45) is 0 Å². The van der Waals surface area contributed by atoms with E-state index in [0.29, 0.717) is 16.2 Å². The number of anilines is 1. The zero-order valence-electron chi connectivity index (χ0n) is 10.1. The van der Waals surface area contributed by atoms with Crippen LogP contribution < -0.4 is 5.73 Å². The van der Waals surface area contributed by atoms with Crippen LogP contribution in [0.4, 0.5) is 5.95 Å². The standard InChI is InChI=1S/C13H16ClN3S/c14-10-5-3-6-11-12(10)16-13(15)17(11)8-9-4-1-2-7-18-9/h3,5-6,9H,1-2,4,7-8H2,(H2,15,16). The number of nitrogens with two attached hydrogens (primary N) is 1. The fourth-order valence-electron chi connectivity index (χ4n) is 2.48. The number of thioether (sulfide) groups is 1. The molecule has 1 atom stereocenters. The molecule has 0 aliphatic carbocycles. The molecular weight excluding hydrogens is 266 g/mol. The third-order valence-electron chi connectivity index (χ3n) is 3.42. The van der Waals surface area contributed by atoms with Gasteiger partial charge in [0.25, 0.3) is 0 Å². The summed E-state index contributed by atoms with van der Waals surface area (Å²) in [5, 5.41) is 1.33. The zero-order valence-corrected chi connectivity index (χ0v) is 11.7. The van der Waals surface area contributed by atoms with Crippen LogP contribution >= 0.6 is 23.4 Å². The Kier molecular flexibility index (Phi) is 3.39. The van der Waals surface area contributed by atoms with Gasteiger partial charge < -0.3 is 10.3 Å². The maximum atomic E-state index is 6.15. The number of halogens is 1. The second-order valence-electron chi connectivity index (χ2n) is 4.68. The number of nitrogens with zero attached hydrogens (tertiary/aromatic N) is 2. The number of rotatable bonds is 2. The Morgan fingerprint density at radius 3 is 3.11 bits per heavy atom. The minimum atomic E-state index is 0.573. The zero-order chi connectivity index (χ0) is 12.5. The third-order valence-corrected chi connectivity index (χ3v) is 5.10. The van der Waals surface area contributed by atoms with Crippen LogP contribution in [-0.2, 0) is 6.54 Å². The van der Waals surface area contributed by atoms with Crippen molar-refractivity contribution in [3.63, 3.8) is 0 Å². The summed E-state index contributed by atoms with van der Waals surface area (Å²) in [5.74, 6) is 1.84. The van der Waals surface area contributed by atoms with E-state index in [-0.39, 0.29) is 0 Å². The Labute approximate surface area is 116 Å². The van der Waals surface area contributed by atoms with Gasteiger partial charge >= 0.3 is 0 Å². The Morgan fingerprint density at radius 2 is 2.33 bits per heavy atom. The van der Waals surface area contributed by atoms with E-state index >= 15 is 0 Å². The predicted octanol–water partition coefficient (Wildman–Crippen LogP) is 3.56. The van der Waals surface area contributed by atoms with Crippen LogP contribution in [0, 0.1) is 0 Å². The molecule has 1 fully saturated rings. The minimum Gasteiger partial charge on any atom is -0.369 e. The van der Waals surface area contributed by atoms with E-state index in [2.05, 4.69) is 9.55 Å². The van der Waals surface area contributed by atoms with E-state index in [9.17, 15) is 0 Å². The first kappa shape index (κ1) is 12.2. The normalized spacial score (nSPS) is 20.4. The van der Waals surface area contributed by atoms with Crippen LogP contribution in [0.5, 0.6) is 0 Å². The van der Waals surface area contributed by atoms with Gasteiger partial charge in [0.15, 0.2) is 0 Å². The Balaban J connectivity index is 1.95. The number of hydrogen-bond acceptors (Lipinski definition) is 3. The quantitative estimate of drug-likeness (QED) is 0.915. The van der Waals surface area contributed by atoms with Crippen LogP contribution in [-0.4, -0.2) is 20.6 Å². The molecule has 3 nitrogen and oxygen atoms in total. The number of nitrogen functional groups attached to an aromatic ring is 1. The highest BCUT2D eigenvalue weighted by Gasteiger charge is 2.18. The number of hydrogen-bond donors (Lipinski definition) is 1. The SMILES string of the molecule is Nc1nc2c(Cl)cccc2n1CC1CCCCS1. The average Bonchev–Trinajstić information content (AvgIpc) is 2.70. The Morgan fingerprint density at radius 1 is 1.44 bits per heavy atom. The van der Waals surface area contributed by atoms with E-state index in [1.165, 1.54) is 25.0 Å². The molecule has 2 heterocycles. The summed E-state index contributed by atoms with van der Waals surface area (Å²) in [6.45, 7) is 0.938. The van der Waals surface area contributed by atoms with E-state index in [1.54, 1.807) is 0 Å². The molecule has 0 radical (unpaired) electrons. The Bertz CT molecular complexity index is 561. The second kappa shape index (κ2) is 5.02. The summed E-state index contributed by atoms with van der Waals surface area (Å²) in [6, 6.07) is 5.85. The molecule has 3 rings (SSSR count). The lowest BCUT2D eigenvalue weighted by Crippen LogP contribution is -2.18. The maximum absolute atomic E-state index is 6.15. The summed E-state index contributed by atoms with van der Waals surface area (Å²) in [4.78, 5) is 4.38. The molecule has 0 saturated carbocycles. The molecule has 1 aliphatic rings. The molecule has 2 aromatic rings. The van der Waals surface area contributed by atoms with Crippen LogP contribution in [0.2, 0.25) is 5.02 Å². The molecule has 0 bridgehead atoms. The van der Waals surface area contributed by atoms with Gasteiger partial charge in [0.1, 0.15) is 5.52 Å². The first-order valence-corrected chi connectivity index (χ1v) is 7.70. The molecule has 1 unspecified atom stereocenters. The number of benzene rings is 1. The van der Waals surface area contributed by atoms with Crippen molar-refractivity contribution in [1.82, 2.24) is 9.55 Å². The van der Waals surface area contributed by atoms with Gasteiger partial charge in [-0.15, -0.1) is 0 Å². The molecule has 96 valence electrons. The summed E-state index contributed by atoms with van der Waals surface area (Å²) < 4.78 is 2.10. The highest BCUT2D eigenvalue weighted by atomic mass is 35.5. The first-order chi connectivity index (χ1) is 8.75. The van der Waals surface area contributed by atoms with Gasteiger partial charge in [0, 0.05) is 11.8 Å². The summed E-state index contributed by atoms with van der Waals surface area (Å²) in [7, 11) is 0. The average molecular weight is 282 g/mol. The fraction of sp³-hybridized carbons (Fsp3) is 0.462. The summed E-state index contributed by atoms with van der Waals surface area (Å²) in [6.07, 6.45) is 3.93. The van der Waals surface area contributed by atoms with Crippen LogP contribution in [0.25, 0.3) is 11.0 Å². The van der Waals surface area contributed by atoms with Crippen LogP contribution in [0.15, 0.2) is 18.2 Å². The van der Waals surface area contributed by atoms with Gasteiger partial charge in [0.2, 0.25) is 5.95 Å². The molecule has 1 aromatic carbocycles. The van der Waals surface area contributed by atoms with Gasteiger partial charge in [-0.05, 0) is 30.7 Å². The van der Waals surface area contributed by atoms with Crippen LogP contribution in [0.3, 0.4) is 0 Å². The fourth-order valence-corrected chi connectivity index (χ4v) is 3.98. The molecule has 5 heteroatoms. The first-order valence-electron chi connectivity index (χ1n) is 6.27. The molecule has 2 N–H and O–H groups in total. The van der Waals surface area contributed by atoms with Gasteiger partial charge in [0.05, 0.1) is 10.5 Å². The summed E-state index contributed by atoms with van der Waals surface area (Å²) in [5.41, 5.74) is 7.89. The van der Waals surface area contributed by atoms with Gasteiger partial charge in [-0.1, -0.05) is 24.1 Å². The number of para-hydroxylation sites is 1. The van der Waals surface area contributed by atoms with E-state index in [4.69, 9.17) is 17.3 Å². The maximum Gasteiger partial charge on any atom is 0.201 e. The molecule has 1 saturated heterocycles. The monoisotopic (exact) mass is 281 g/mol. The van der Waals surface area contributed by atoms with E-state index in [0.717, 1.165) is 17.6 Å². The summed E-state index contributed by atoms with van der Waals surface area (Å²) >= 11 is 8.19. The molecular formula is C13H16ClN3S. The lowest BCUT2D eigenvalue weighted by molar-refractivity contribution is 0.595. The Hall–Kier alpha value is -0.870. The predicted molar refractivity (Wildman–Crippen MR) is 79.3 cm³/mol. The van der Waals surface area contributed by atoms with Crippen molar-refractivity contribution in [3.8, 4) is 0 Å². The van der Waals surface area contributed by atoms with Crippen molar-refractivity contribution >= 4 is 40.3 Å². The lowest BCUT2D eigenvalue weighted by atomic mass is 10.2. The minimum absolute atomic E-state index is 0.573. The van der Waals surface area contributed by atoms with Crippen molar-refractivity contribution in [3.05, 3.63) is 23.2 Å². The molecule has 1 aromatic heterocycles. The number of imidazole rings is 1. The highest BCUT2D eigenvalue weighted by Crippen LogP contribution is 2.30. The van der Waals surface area contributed by atoms with Gasteiger partial charge in [-0.25, -0.2) is 4.98 Å². The number of fused-ring (bicyclic) bond motifs is 1. The smallest absolute Gasteiger partial charge is 0.201 e. The molecule has 0 spiro atoms. The largest absolute Gasteiger partial charge is 0.369 e. The van der Waals surface area contributed by atoms with E-state index < -0.39 is 0 Å². The van der Waals surface area contributed by atoms with E-state index in [1.807, 2.05) is 30.0 Å². The van der Waals surface area contributed by atoms with Gasteiger partial charge in [-0.2, -0.15) is 11.8 Å². The van der Waals surface area contributed by atoms with Crippen molar-refractivity contribution in [2.45, 2.75) is 31.1 Å². The number of aromatic nitrogens is 2. The lowest BCUT2D eigenvalue weighted by Gasteiger charge is -2.22. The third kappa shape index (κ3) is 2.19. The molecule has 18 heavy (non-hydrogen) atoms. The van der Waals surface area contributed by atoms with Crippen molar-refractivity contribution in [1.29, 1.82) is 0 Å².